The van der Waals surface area contributed by atoms with Crippen molar-refractivity contribution in [1.82, 2.24) is 16.0 Å². The van der Waals surface area contributed by atoms with Gasteiger partial charge in [0.25, 0.3) is 0 Å². The summed E-state index contributed by atoms with van der Waals surface area (Å²) in [5.74, 6) is 1.51. The van der Waals surface area contributed by atoms with Crippen LogP contribution in [-0.4, -0.2) is 37.7 Å². The van der Waals surface area contributed by atoms with Gasteiger partial charge in [0.2, 0.25) is 0 Å². The van der Waals surface area contributed by atoms with E-state index >= 15 is 0 Å². The van der Waals surface area contributed by atoms with Gasteiger partial charge in [-0.05, 0) is 33.6 Å². The lowest BCUT2D eigenvalue weighted by atomic mass is 10.1. The first-order valence-corrected chi connectivity index (χ1v) is 6.62. The number of aliphatic imine (C=N–C) groups is 1. The van der Waals surface area contributed by atoms with Crippen LogP contribution in [0, 0.1) is 5.92 Å². The highest BCUT2D eigenvalue weighted by molar-refractivity contribution is 5.79. The Balaban J connectivity index is 3.89. The van der Waals surface area contributed by atoms with Gasteiger partial charge < -0.3 is 16.0 Å². The number of hydrogen-bond acceptors (Lipinski definition) is 2. The van der Waals surface area contributed by atoms with Crippen molar-refractivity contribution in [2.45, 2.75) is 47.1 Å². The molecule has 4 nitrogen and oxygen atoms in total. The highest BCUT2D eigenvalue weighted by Gasteiger charge is 2.07. The number of nitrogens with zero attached hydrogens (tertiary/aromatic N) is 1. The zero-order valence-corrected chi connectivity index (χ0v) is 12.4. The second kappa shape index (κ2) is 8.34. The van der Waals surface area contributed by atoms with Gasteiger partial charge in [0.1, 0.15) is 0 Å². The summed E-state index contributed by atoms with van der Waals surface area (Å²) in [7, 11) is 0. The molecule has 0 aromatic carbocycles. The number of hydrogen-bond donors (Lipinski definition) is 3. The van der Waals surface area contributed by atoms with Crippen LogP contribution in [0.1, 0.15) is 41.5 Å². The standard InChI is InChI=1S/C13H30N4/c1-7-14-12(16-10-11(2)3)15-8-9-17-13(4,5)6/h11,17H,7-10H2,1-6H3,(H2,14,15,16). The van der Waals surface area contributed by atoms with Crippen LogP contribution in [0.4, 0.5) is 0 Å². The summed E-state index contributed by atoms with van der Waals surface area (Å²) in [6, 6.07) is 0. The van der Waals surface area contributed by atoms with Gasteiger partial charge in [-0.25, -0.2) is 0 Å². The van der Waals surface area contributed by atoms with E-state index in [4.69, 9.17) is 0 Å². The maximum atomic E-state index is 4.51. The smallest absolute Gasteiger partial charge is 0.191 e. The fraction of sp³-hybridized carbons (Fsp3) is 0.923. The van der Waals surface area contributed by atoms with Crippen LogP contribution in [0.5, 0.6) is 0 Å². The zero-order valence-electron chi connectivity index (χ0n) is 12.4. The Hall–Kier alpha value is -0.770. The van der Waals surface area contributed by atoms with Crippen molar-refractivity contribution in [2.75, 3.05) is 26.2 Å². The Morgan fingerprint density at radius 2 is 1.76 bits per heavy atom. The molecule has 0 rings (SSSR count). The first-order chi connectivity index (χ1) is 7.85. The van der Waals surface area contributed by atoms with E-state index in [1.165, 1.54) is 0 Å². The summed E-state index contributed by atoms with van der Waals surface area (Å²) in [5, 5.41) is 10.0. The molecule has 102 valence electrons. The molecule has 4 heteroatoms. The predicted molar refractivity (Wildman–Crippen MR) is 76.6 cm³/mol. The number of nitrogens with one attached hydrogen (secondary N) is 3. The summed E-state index contributed by atoms with van der Waals surface area (Å²) >= 11 is 0. The summed E-state index contributed by atoms with van der Waals surface area (Å²) in [6.45, 7) is 16.5. The molecule has 0 saturated carbocycles. The molecular weight excluding hydrogens is 212 g/mol. The lowest BCUT2D eigenvalue weighted by Crippen LogP contribution is -2.44. The largest absolute Gasteiger partial charge is 0.357 e. The fourth-order valence-electron chi connectivity index (χ4n) is 1.23. The molecule has 0 aliphatic heterocycles. The molecule has 0 atom stereocenters. The molecule has 0 heterocycles. The molecular formula is C13H30N4. The molecule has 0 aliphatic carbocycles. The molecule has 0 unspecified atom stereocenters. The van der Waals surface area contributed by atoms with Gasteiger partial charge >= 0.3 is 0 Å². The van der Waals surface area contributed by atoms with Gasteiger partial charge in [0.05, 0.1) is 0 Å². The Bertz CT molecular complexity index is 216. The Morgan fingerprint density at radius 3 is 2.24 bits per heavy atom. The van der Waals surface area contributed by atoms with E-state index in [0.717, 1.165) is 32.1 Å². The van der Waals surface area contributed by atoms with E-state index in [9.17, 15) is 0 Å². The third-order valence-corrected chi connectivity index (χ3v) is 2.03. The Kier molecular flexibility index (Phi) is 7.96. The van der Waals surface area contributed by atoms with Gasteiger partial charge in [-0.2, -0.15) is 0 Å². The monoisotopic (exact) mass is 242 g/mol. The Morgan fingerprint density at radius 1 is 1.12 bits per heavy atom. The van der Waals surface area contributed by atoms with Crippen LogP contribution >= 0.6 is 0 Å². The minimum Gasteiger partial charge on any atom is -0.357 e. The minimum absolute atomic E-state index is 0.176. The molecule has 0 radical (unpaired) electrons. The average Bonchev–Trinajstić information content (AvgIpc) is 2.19. The third-order valence-electron chi connectivity index (χ3n) is 2.03. The molecule has 0 amide bonds. The van der Waals surface area contributed by atoms with E-state index in [1.807, 2.05) is 0 Å². The first kappa shape index (κ1) is 16.2. The van der Waals surface area contributed by atoms with Crippen LogP contribution in [0.3, 0.4) is 0 Å². The topological polar surface area (TPSA) is 48.5 Å². The number of rotatable bonds is 6. The second-order valence-electron chi connectivity index (χ2n) is 5.72. The normalized spacial score (nSPS) is 13.0. The van der Waals surface area contributed by atoms with Crippen LogP contribution in [0.15, 0.2) is 4.99 Å². The molecule has 0 spiro atoms. The first-order valence-electron chi connectivity index (χ1n) is 6.62. The summed E-state index contributed by atoms with van der Waals surface area (Å²) in [6.07, 6.45) is 0. The zero-order chi connectivity index (χ0) is 13.3. The van der Waals surface area contributed by atoms with Gasteiger partial charge in [-0.1, -0.05) is 13.8 Å². The highest BCUT2D eigenvalue weighted by atomic mass is 15.2. The molecule has 0 bridgehead atoms. The van der Waals surface area contributed by atoms with Gasteiger partial charge in [0.15, 0.2) is 5.96 Å². The SMILES string of the molecule is CCNC(=NCC(C)C)NCCNC(C)(C)C. The van der Waals surface area contributed by atoms with E-state index in [-0.39, 0.29) is 5.54 Å². The maximum Gasteiger partial charge on any atom is 0.191 e. The molecule has 0 fully saturated rings. The van der Waals surface area contributed by atoms with Gasteiger partial charge in [0, 0.05) is 31.7 Å². The van der Waals surface area contributed by atoms with E-state index in [2.05, 4.69) is 62.5 Å². The van der Waals surface area contributed by atoms with Crippen molar-refractivity contribution < 1.29 is 0 Å². The third kappa shape index (κ3) is 11.5. The average molecular weight is 242 g/mol. The van der Waals surface area contributed by atoms with Gasteiger partial charge in [-0.15, -0.1) is 0 Å². The summed E-state index contributed by atoms with van der Waals surface area (Å²) < 4.78 is 0. The van der Waals surface area contributed by atoms with Crippen molar-refractivity contribution in [3.63, 3.8) is 0 Å². The maximum absolute atomic E-state index is 4.51. The predicted octanol–water partition coefficient (Wildman–Crippen LogP) is 1.59. The van der Waals surface area contributed by atoms with Crippen molar-refractivity contribution in [1.29, 1.82) is 0 Å². The van der Waals surface area contributed by atoms with Crippen LogP contribution in [-0.2, 0) is 0 Å². The minimum atomic E-state index is 0.176. The molecule has 0 aromatic heterocycles. The van der Waals surface area contributed by atoms with E-state index in [1.54, 1.807) is 0 Å². The highest BCUT2D eigenvalue weighted by Crippen LogP contribution is 1.96. The fourth-order valence-corrected chi connectivity index (χ4v) is 1.23. The van der Waals surface area contributed by atoms with Gasteiger partial charge in [-0.3, -0.25) is 4.99 Å². The van der Waals surface area contributed by atoms with Crippen molar-refractivity contribution in [3.8, 4) is 0 Å². The molecule has 17 heavy (non-hydrogen) atoms. The molecule has 0 aliphatic rings. The summed E-state index contributed by atoms with van der Waals surface area (Å²) in [5.41, 5.74) is 0.176. The van der Waals surface area contributed by atoms with Crippen LogP contribution in [0.2, 0.25) is 0 Å². The quantitative estimate of drug-likeness (QED) is 0.376. The molecule has 0 aromatic rings. The second-order valence-corrected chi connectivity index (χ2v) is 5.72. The molecule has 3 N–H and O–H groups in total. The lowest BCUT2D eigenvalue weighted by molar-refractivity contribution is 0.428. The van der Waals surface area contributed by atoms with E-state index < -0.39 is 0 Å². The van der Waals surface area contributed by atoms with Crippen molar-refractivity contribution in [3.05, 3.63) is 0 Å². The van der Waals surface area contributed by atoms with Crippen LogP contribution in [0.25, 0.3) is 0 Å². The van der Waals surface area contributed by atoms with Crippen molar-refractivity contribution in [2.24, 2.45) is 10.9 Å². The molecule has 0 saturated heterocycles. The summed E-state index contributed by atoms with van der Waals surface area (Å²) in [4.78, 5) is 4.51. The van der Waals surface area contributed by atoms with Crippen molar-refractivity contribution >= 4 is 5.96 Å². The lowest BCUT2D eigenvalue weighted by Gasteiger charge is -2.21. The Labute approximate surface area is 107 Å². The number of guanidine groups is 1. The van der Waals surface area contributed by atoms with Crippen LogP contribution < -0.4 is 16.0 Å². The van der Waals surface area contributed by atoms with E-state index in [0.29, 0.717) is 5.92 Å².